The normalized spacial score (nSPS) is 14.0. The number of amides is 1. The minimum atomic E-state index is -0.0722. The summed E-state index contributed by atoms with van der Waals surface area (Å²) in [4.78, 5) is 25.4. The lowest BCUT2D eigenvalue weighted by atomic mass is 10.2. The van der Waals surface area contributed by atoms with Crippen LogP contribution >= 0.6 is 24.0 Å². The molecule has 168 valence electrons. The van der Waals surface area contributed by atoms with E-state index >= 15 is 0 Å². The van der Waals surface area contributed by atoms with Crippen molar-refractivity contribution >= 4 is 47.3 Å². The lowest BCUT2D eigenvalue weighted by molar-refractivity contribution is -0.116. The van der Waals surface area contributed by atoms with E-state index < -0.39 is 0 Å². The van der Waals surface area contributed by atoms with Crippen LogP contribution in [0.25, 0.3) is 0 Å². The van der Waals surface area contributed by atoms with Gasteiger partial charge in [-0.15, -0.1) is 24.0 Å². The summed E-state index contributed by atoms with van der Waals surface area (Å²) in [5.41, 5.74) is 1.99. The Morgan fingerprint density at radius 3 is 2.55 bits per heavy atom. The number of anilines is 2. The third-order valence-electron chi connectivity index (χ3n) is 5.01. The summed E-state index contributed by atoms with van der Waals surface area (Å²) in [7, 11) is 3.47. The minimum Gasteiger partial charge on any atom is -0.495 e. The van der Waals surface area contributed by atoms with Crippen LogP contribution in [0.2, 0.25) is 0 Å². The van der Waals surface area contributed by atoms with Gasteiger partial charge in [-0.2, -0.15) is 0 Å². The molecule has 0 unspecified atom stereocenters. The van der Waals surface area contributed by atoms with Crippen molar-refractivity contribution in [3.05, 3.63) is 48.2 Å². The molecule has 1 aliphatic rings. The van der Waals surface area contributed by atoms with Crippen LogP contribution in [0.4, 0.5) is 11.5 Å². The van der Waals surface area contributed by atoms with Crippen LogP contribution in [0.1, 0.15) is 12.1 Å². The Bertz CT molecular complexity index is 884. The van der Waals surface area contributed by atoms with E-state index in [0.29, 0.717) is 18.8 Å². The van der Waals surface area contributed by atoms with Crippen molar-refractivity contribution in [2.45, 2.75) is 13.3 Å². The highest BCUT2D eigenvalue weighted by atomic mass is 127. The van der Waals surface area contributed by atoms with Crippen molar-refractivity contribution in [3.8, 4) is 5.75 Å². The Hall–Kier alpha value is -2.56. The first kappa shape index (κ1) is 24.7. The molecule has 9 heteroatoms. The van der Waals surface area contributed by atoms with Crippen LogP contribution in [0.5, 0.6) is 5.75 Å². The Labute approximate surface area is 201 Å². The quantitative estimate of drug-likeness (QED) is 0.335. The first-order chi connectivity index (χ1) is 14.6. The number of hydrogen-bond acceptors (Lipinski definition) is 5. The predicted molar refractivity (Wildman–Crippen MR) is 136 cm³/mol. The number of rotatable bonds is 6. The van der Waals surface area contributed by atoms with Crippen LogP contribution in [-0.4, -0.2) is 68.6 Å². The van der Waals surface area contributed by atoms with Gasteiger partial charge >= 0.3 is 0 Å². The van der Waals surface area contributed by atoms with Crippen molar-refractivity contribution in [2.75, 3.05) is 57.1 Å². The van der Waals surface area contributed by atoms with Crippen LogP contribution < -0.4 is 20.3 Å². The Morgan fingerprint density at radius 2 is 1.87 bits per heavy atom. The average molecular weight is 538 g/mol. The number of carbonyl (C=O) groups is 1. The lowest BCUT2D eigenvalue weighted by Gasteiger charge is -2.38. The number of carbonyl (C=O) groups excluding carboxylic acids is 1. The number of guanidine groups is 1. The summed E-state index contributed by atoms with van der Waals surface area (Å²) in [5.74, 6) is 2.22. The molecule has 1 aromatic heterocycles. The number of piperazine rings is 1. The van der Waals surface area contributed by atoms with E-state index in [2.05, 4.69) is 36.5 Å². The van der Waals surface area contributed by atoms with E-state index in [-0.39, 0.29) is 29.9 Å². The van der Waals surface area contributed by atoms with Gasteiger partial charge in [0.15, 0.2) is 5.96 Å². The number of aryl methyl sites for hydroxylation is 1. The number of hydrogen-bond donors (Lipinski definition) is 2. The molecular weight excluding hydrogens is 507 g/mol. The highest BCUT2D eigenvalue weighted by Crippen LogP contribution is 2.28. The fourth-order valence-electron chi connectivity index (χ4n) is 3.49. The number of benzene rings is 1. The second-order valence-corrected chi connectivity index (χ2v) is 7.08. The number of halogens is 1. The third kappa shape index (κ3) is 6.98. The fourth-order valence-corrected chi connectivity index (χ4v) is 3.49. The molecule has 0 spiro atoms. The Morgan fingerprint density at radius 1 is 1.13 bits per heavy atom. The summed E-state index contributed by atoms with van der Waals surface area (Å²) >= 11 is 0. The van der Waals surface area contributed by atoms with E-state index in [9.17, 15) is 4.79 Å². The molecular formula is C22H31IN6O2. The first-order valence-electron chi connectivity index (χ1n) is 10.2. The second kappa shape index (κ2) is 12.3. The van der Waals surface area contributed by atoms with Gasteiger partial charge in [0.05, 0.1) is 12.8 Å². The number of pyridine rings is 1. The molecule has 2 heterocycles. The SMILES string of the molecule is CN=C(NCCC(=O)Nc1cccc(C)n1)N1CCN(c2ccccc2OC)CC1.I. The Balaban J connectivity index is 0.00000341. The van der Waals surface area contributed by atoms with Gasteiger partial charge in [0.2, 0.25) is 5.91 Å². The van der Waals surface area contributed by atoms with Crippen molar-refractivity contribution in [3.63, 3.8) is 0 Å². The average Bonchev–Trinajstić information content (AvgIpc) is 2.77. The largest absolute Gasteiger partial charge is 0.495 e. The van der Waals surface area contributed by atoms with Crippen molar-refractivity contribution in [2.24, 2.45) is 4.99 Å². The zero-order valence-electron chi connectivity index (χ0n) is 18.3. The molecule has 1 aliphatic heterocycles. The third-order valence-corrected chi connectivity index (χ3v) is 5.01. The van der Waals surface area contributed by atoms with E-state index in [1.54, 1.807) is 20.2 Å². The number of aromatic nitrogens is 1. The number of nitrogens with one attached hydrogen (secondary N) is 2. The molecule has 1 aromatic carbocycles. The second-order valence-electron chi connectivity index (χ2n) is 7.08. The van der Waals surface area contributed by atoms with Gasteiger partial charge in [0, 0.05) is 51.9 Å². The zero-order valence-corrected chi connectivity index (χ0v) is 20.6. The van der Waals surface area contributed by atoms with Gasteiger partial charge in [-0.25, -0.2) is 4.98 Å². The molecule has 1 amide bonds. The molecule has 1 saturated heterocycles. The van der Waals surface area contributed by atoms with Gasteiger partial charge in [-0.1, -0.05) is 18.2 Å². The minimum absolute atomic E-state index is 0. The zero-order chi connectivity index (χ0) is 21.3. The van der Waals surface area contributed by atoms with Crippen LogP contribution in [0.15, 0.2) is 47.5 Å². The monoisotopic (exact) mass is 538 g/mol. The highest BCUT2D eigenvalue weighted by Gasteiger charge is 2.21. The highest BCUT2D eigenvalue weighted by molar-refractivity contribution is 14.0. The van der Waals surface area contributed by atoms with Gasteiger partial charge in [0.1, 0.15) is 11.6 Å². The van der Waals surface area contributed by atoms with Crippen LogP contribution in [0, 0.1) is 6.92 Å². The number of methoxy groups -OCH3 is 1. The molecule has 31 heavy (non-hydrogen) atoms. The maximum atomic E-state index is 12.2. The maximum Gasteiger partial charge on any atom is 0.227 e. The fraction of sp³-hybridized carbons (Fsp3) is 0.409. The van der Waals surface area contributed by atoms with E-state index in [1.165, 1.54) is 0 Å². The molecule has 0 radical (unpaired) electrons. The molecule has 3 rings (SSSR count). The lowest BCUT2D eigenvalue weighted by Crippen LogP contribution is -2.52. The number of aliphatic imine (C=N–C) groups is 1. The molecule has 1 fully saturated rings. The summed E-state index contributed by atoms with van der Waals surface area (Å²) < 4.78 is 5.48. The number of para-hydroxylation sites is 2. The van der Waals surface area contributed by atoms with Crippen LogP contribution in [0.3, 0.4) is 0 Å². The topological polar surface area (TPSA) is 82.1 Å². The summed E-state index contributed by atoms with van der Waals surface area (Å²) in [6, 6.07) is 13.6. The molecule has 0 atom stereocenters. The summed E-state index contributed by atoms with van der Waals surface area (Å²) in [6.07, 6.45) is 0.343. The molecule has 0 bridgehead atoms. The molecule has 0 saturated carbocycles. The smallest absolute Gasteiger partial charge is 0.227 e. The molecule has 2 N–H and O–H groups in total. The number of nitrogens with zero attached hydrogens (tertiary/aromatic N) is 4. The van der Waals surface area contributed by atoms with Crippen molar-refractivity contribution in [1.29, 1.82) is 0 Å². The van der Waals surface area contributed by atoms with E-state index in [1.807, 2.05) is 37.3 Å². The van der Waals surface area contributed by atoms with Crippen molar-refractivity contribution in [1.82, 2.24) is 15.2 Å². The molecule has 8 nitrogen and oxygen atoms in total. The van der Waals surface area contributed by atoms with Gasteiger partial charge in [-0.3, -0.25) is 9.79 Å². The Kier molecular flexibility index (Phi) is 9.83. The summed E-state index contributed by atoms with van der Waals surface area (Å²) in [5, 5.41) is 6.12. The standard InChI is InChI=1S/C22H30N6O2.HI/c1-17-7-6-10-20(25-17)26-21(29)11-12-24-22(23-2)28-15-13-27(14-16-28)18-8-4-5-9-19(18)30-3;/h4-10H,11-16H2,1-3H3,(H,23,24)(H,25,26,29);1H. The van der Waals surface area contributed by atoms with Crippen molar-refractivity contribution < 1.29 is 9.53 Å². The van der Waals surface area contributed by atoms with Gasteiger partial charge in [-0.05, 0) is 31.2 Å². The van der Waals surface area contributed by atoms with Gasteiger partial charge in [0.25, 0.3) is 0 Å². The molecule has 2 aromatic rings. The van der Waals surface area contributed by atoms with E-state index in [0.717, 1.165) is 49.3 Å². The van der Waals surface area contributed by atoms with E-state index in [4.69, 9.17) is 4.74 Å². The number of ether oxygens (including phenoxy) is 1. The maximum absolute atomic E-state index is 12.2. The molecule has 0 aliphatic carbocycles. The van der Waals surface area contributed by atoms with Gasteiger partial charge < -0.3 is 25.2 Å². The first-order valence-corrected chi connectivity index (χ1v) is 10.2. The van der Waals surface area contributed by atoms with Crippen LogP contribution in [-0.2, 0) is 4.79 Å². The predicted octanol–water partition coefficient (Wildman–Crippen LogP) is 2.74. The summed E-state index contributed by atoms with van der Waals surface area (Å²) in [6.45, 7) is 5.85.